The monoisotopic (exact) mass is 219 g/mol. The van der Waals surface area contributed by atoms with E-state index in [1.54, 1.807) is 0 Å². The topological polar surface area (TPSA) is 61.7 Å². The molecular weight excluding hydrogens is 202 g/mol. The molecule has 5 nitrogen and oxygen atoms in total. The fraction of sp³-hybridized carbons (Fsp3) is 0.455. The Labute approximate surface area is 94.9 Å². The minimum atomic E-state index is 0.641. The lowest BCUT2D eigenvalue weighted by molar-refractivity contribution is 0.662. The van der Waals surface area contributed by atoms with Crippen LogP contribution in [0.5, 0.6) is 0 Å². The van der Waals surface area contributed by atoms with Crippen LogP contribution >= 0.6 is 0 Å². The average Bonchev–Trinajstić information content (AvgIpc) is 2.76. The summed E-state index contributed by atoms with van der Waals surface area (Å²) in [6, 6.07) is 2.09. The number of aromatic nitrogens is 4. The van der Waals surface area contributed by atoms with Crippen molar-refractivity contribution >= 4 is 0 Å². The van der Waals surface area contributed by atoms with Gasteiger partial charge in [-0.2, -0.15) is 5.10 Å². The van der Waals surface area contributed by atoms with Crippen molar-refractivity contribution in [2.24, 2.45) is 12.8 Å². The molecule has 0 aliphatic heterocycles. The molecule has 86 valence electrons. The van der Waals surface area contributed by atoms with Gasteiger partial charge in [0.25, 0.3) is 0 Å². The van der Waals surface area contributed by atoms with Crippen LogP contribution in [0, 0.1) is 6.92 Å². The quantitative estimate of drug-likeness (QED) is 0.813. The van der Waals surface area contributed by atoms with Gasteiger partial charge in [0, 0.05) is 19.7 Å². The number of rotatable bonds is 4. The van der Waals surface area contributed by atoms with Crippen molar-refractivity contribution < 1.29 is 0 Å². The Kier molecular flexibility index (Phi) is 3.05. The Morgan fingerprint density at radius 1 is 1.44 bits per heavy atom. The molecule has 2 N–H and O–H groups in total. The summed E-state index contributed by atoms with van der Waals surface area (Å²) in [4.78, 5) is 4.29. The fourth-order valence-corrected chi connectivity index (χ4v) is 1.77. The maximum absolute atomic E-state index is 5.49. The molecule has 0 spiro atoms. The van der Waals surface area contributed by atoms with Gasteiger partial charge < -0.3 is 10.3 Å². The summed E-state index contributed by atoms with van der Waals surface area (Å²) >= 11 is 0. The van der Waals surface area contributed by atoms with E-state index in [1.165, 1.54) is 5.69 Å². The summed E-state index contributed by atoms with van der Waals surface area (Å²) in [6.07, 6.45) is 4.71. The van der Waals surface area contributed by atoms with E-state index in [4.69, 9.17) is 5.73 Å². The molecular formula is C11H17N5. The molecule has 0 fully saturated rings. The van der Waals surface area contributed by atoms with Crippen LogP contribution in [0.2, 0.25) is 0 Å². The van der Waals surface area contributed by atoms with Gasteiger partial charge in [0.2, 0.25) is 0 Å². The largest absolute Gasteiger partial charge is 0.331 e. The second-order valence-electron chi connectivity index (χ2n) is 3.98. The minimum Gasteiger partial charge on any atom is -0.331 e. The lowest BCUT2D eigenvalue weighted by Crippen LogP contribution is -2.04. The molecule has 0 unspecified atom stereocenters. The third kappa shape index (κ3) is 2.30. The van der Waals surface area contributed by atoms with Gasteiger partial charge >= 0.3 is 0 Å². The number of imidazole rings is 1. The maximum Gasteiger partial charge on any atom is 0.0953 e. The molecule has 0 saturated heterocycles. The van der Waals surface area contributed by atoms with E-state index in [9.17, 15) is 0 Å². The Hall–Kier alpha value is -1.62. The lowest BCUT2D eigenvalue weighted by Gasteiger charge is -2.01. The van der Waals surface area contributed by atoms with E-state index >= 15 is 0 Å². The van der Waals surface area contributed by atoms with Gasteiger partial charge in [-0.25, -0.2) is 4.98 Å². The smallest absolute Gasteiger partial charge is 0.0953 e. The van der Waals surface area contributed by atoms with Gasteiger partial charge in [-0.15, -0.1) is 0 Å². The van der Waals surface area contributed by atoms with E-state index in [2.05, 4.69) is 20.7 Å². The van der Waals surface area contributed by atoms with Gasteiger partial charge in [0.15, 0.2) is 0 Å². The van der Waals surface area contributed by atoms with E-state index in [0.29, 0.717) is 6.54 Å². The summed E-state index contributed by atoms with van der Waals surface area (Å²) in [7, 11) is 1.96. The Morgan fingerprint density at radius 3 is 2.88 bits per heavy atom. The number of hydrogen-bond donors (Lipinski definition) is 1. The molecule has 0 amide bonds. The van der Waals surface area contributed by atoms with Crippen LogP contribution in [0.4, 0.5) is 0 Å². The minimum absolute atomic E-state index is 0.641. The second kappa shape index (κ2) is 4.49. The first-order valence-corrected chi connectivity index (χ1v) is 5.39. The lowest BCUT2D eigenvalue weighted by atomic mass is 10.3. The van der Waals surface area contributed by atoms with Crippen LogP contribution < -0.4 is 5.73 Å². The SMILES string of the molecule is Cc1cc(Cn2cnc(CCN)c2)n(C)n1. The van der Waals surface area contributed by atoms with Crippen molar-refractivity contribution in [1.29, 1.82) is 0 Å². The molecule has 2 rings (SSSR count). The molecule has 0 atom stereocenters. The van der Waals surface area contributed by atoms with Crippen molar-refractivity contribution in [2.75, 3.05) is 6.54 Å². The summed E-state index contributed by atoms with van der Waals surface area (Å²) in [5.41, 5.74) is 8.75. The van der Waals surface area contributed by atoms with E-state index < -0.39 is 0 Å². The predicted octanol–water partition coefficient (Wildman–Crippen LogP) is 0.475. The highest BCUT2D eigenvalue weighted by molar-refractivity contribution is 5.10. The third-order valence-electron chi connectivity index (χ3n) is 2.53. The number of hydrogen-bond acceptors (Lipinski definition) is 3. The molecule has 0 aromatic carbocycles. The van der Waals surface area contributed by atoms with Crippen LogP contribution in [0.1, 0.15) is 17.1 Å². The molecule has 5 heteroatoms. The van der Waals surface area contributed by atoms with E-state index in [-0.39, 0.29) is 0 Å². The van der Waals surface area contributed by atoms with Crippen LogP contribution in [0.25, 0.3) is 0 Å². The first kappa shape index (κ1) is 10.9. The average molecular weight is 219 g/mol. The highest BCUT2D eigenvalue weighted by Crippen LogP contribution is 2.05. The van der Waals surface area contributed by atoms with Crippen molar-refractivity contribution in [1.82, 2.24) is 19.3 Å². The summed E-state index contributed by atoms with van der Waals surface area (Å²) in [6.45, 7) is 3.44. The Balaban J connectivity index is 2.11. The van der Waals surface area contributed by atoms with Gasteiger partial charge in [-0.3, -0.25) is 4.68 Å². The molecule has 2 aromatic heterocycles. The first-order chi connectivity index (χ1) is 7.69. The van der Waals surface area contributed by atoms with Crippen LogP contribution in [-0.4, -0.2) is 25.9 Å². The normalized spacial score (nSPS) is 10.9. The van der Waals surface area contributed by atoms with Gasteiger partial charge in [0.1, 0.15) is 0 Å². The third-order valence-corrected chi connectivity index (χ3v) is 2.53. The number of aryl methyl sites for hydroxylation is 2. The van der Waals surface area contributed by atoms with Gasteiger partial charge in [-0.05, 0) is 19.5 Å². The van der Waals surface area contributed by atoms with Crippen LogP contribution in [0.3, 0.4) is 0 Å². The number of nitrogens with two attached hydrogens (primary N) is 1. The highest BCUT2D eigenvalue weighted by atomic mass is 15.3. The van der Waals surface area contributed by atoms with Gasteiger partial charge in [0.05, 0.1) is 30.0 Å². The molecule has 0 bridgehead atoms. The van der Waals surface area contributed by atoms with E-state index in [0.717, 1.165) is 24.4 Å². The summed E-state index contributed by atoms with van der Waals surface area (Å²) in [5, 5.41) is 4.31. The summed E-state index contributed by atoms with van der Waals surface area (Å²) < 4.78 is 3.96. The first-order valence-electron chi connectivity index (χ1n) is 5.39. The standard InChI is InChI=1S/C11H17N5/c1-9-5-11(15(2)14-9)7-16-6-10(3-4-12)13-8-16/h5-6,8H,3-4,7,12H2,1-2H3. The molecule has 0 saturated carbocycles. The maximum atomic E-state index is 5.49. The van der Waals surface area contributed by atoms with Crippen molar-refractivity contribution in [3.63, 3.8) is 0 Å². The molecule has 0 aliphatic rings. The van der Waals surface area contributed by atoms with Gasteiger partial charge in [-0.1, -0.05) is 0 Å². The molecule has 0 aliphatic carbocycles. The fourth-order valence-electron chi connectivity index (χ4n) is 1.77. The Bertz CT molecular complexity index is 468. The van der Waals surface area contributed by atoms with Crippen LogP contribution in [0.15, 0.2) is 18.6 Å². The molecule has 2 aromatic rings. The van der Waals surface area contributed by atoms with Crippen LogP contribution in [-0.2, 0) is 20.0 Å². The zero-order chi connectivity index (χ0) is 11.5. The van der Waals surface area contributed by atoms with Crippen molar-refractivity contribution in [3.05, 3.63) is 35.7 Å². The number of nitrogens with zero attached hydrogens (tertiary/aromatic N) is 4. The molecule has 2 heterocycles. The summed E-state index contributed by atoms with van der Waals surface area (Å²) in [5.74, 6) is 0. The van der Waals surface area contributed by atoms with Crippen molar-refractivity contribution in [2.45, 2.75) is 19.9 Å². The molecule has 0 radical (unpaired) electrons. The predicted molar refractivity (Wildman–Crippen MR) is 62.0 cm³/mol. The van der Waals surface area contributed by atoms with E-state index in [1.807, 2.05) is 31.2 Å². The Morgan fingerprint density at radius 2 is 2.25 bits per heavy atom. The zero-order valence-electron chi connectivity index (χ0n) is 9.72. The zero-order valence-corrected chi connectivity index (χ0v) is 9.72. The second-order valence-corrected chi connectivity index (χ2v) is 3.98. The van der Waals surface area contributed by atoms with Crippen molar-refractivity contribution in [3.8, 4) is 0 Å². The highest BCUT2D eigenvalue weighted by Gasteiger charge is 2.03. The molecule has 16 heavy (non-hydrogen) atoms.